The zero-order valence-corrected chi connectivity index (χ0v) is 15.1. The van der Waals surface area contributed by atoms with Gasteiger partial charge in [0.1, 0.15) is 0 Å². The van der Waals surface area contributed by atoms with Crippen LogP contribution in [0, 0.1) is 6.92 Å². The first kappa shape index (κ1) is 16.1. The third kappa shape index (κ3) is 2.88. The fourth-order valence-electron chi connectivity index (χ4n) is 3.66. The lowest BCUT2D eigenvalue weighted by Gasteiger charge is -2.19. The lowest BCUT2D eigenvalue weighted by atomic mass is 10.2. The zero-order valence-electron chi connectivity index (χ0n) is 15.1. The number of hydrogen-bond donors (Lipinski definition) is 0. The molecule has 2 aliphatic rings. The van der Waals surface area contributed by atoms with Gasteiger partial charge >= 0.3 is 0 Å². The highest BCUT2D eigenvalue weighted by Gasteiger charge is 2.31. The summed E-state index contributed by atoms with van der Waals surface area (Å²) in [6.07, 6.45) is 1.62. The molecule has 132 valence electrons. The van der Waals surface area contributed by atoms with Crippen LogP contribution in [0.25, 0.3) is 0 Å². The maximum absolute atomic E-state index is 12.0. The van der Waals surface area contributed by atoms with E-state index in [-0.39, 0.29) is 5.91 Å². The lowest BCUT2D eigenvalue weighted by molar-refractivity contribution is -0.128. The van der Waals surface area contributed by atoms with Gasteiger partial charge in [-0.25, -0.2) is 0 Å². The highest BCUT2D eigenvalue weighted by molar-refractivity contribution is 5.78. The SMILES string of the molecule is Cc1ccc(N2Cc3c(CN4CCCC4=O)nn(C(C)C)c3C2)nn1. The smallest absolute Gasteiger partial charge is 0.222 e. The molecule has 0 atom stereocenters. The molecule has 2 aliphatic heterocycles. The predicted molar refractivity (Wildman–Crippen MR) is 93.9 cm³/mol. The van der Waals surface area contributed by atoms with Gasteiger partial charge in [-0.05, 0) is 39.3 Å². The molecule has 0 bridgehead atoms. The van der Waals surface area contributed by atoms with Crippen LogP contribution < -0.4 is 4.90 Å². The summed E-state index contributed by atoms with van der Waals surface area (Å²) in [5, 5.41) is 13.3. The summed E-state index contributed by atoms with van der Waals surface area (Å²) in [6, 6.07) is 4.30. The van der Waals surface area contributed by atoms with Gasteiger partial charge in [0.15, 0.2) is 5.82 Å². The molecule has 1 saturated heterocycles. The Kier molecular flexibility index (Phi) is 3.94. The molecule has 2 aromatic rings. The van der Waals surface area contributed by atoms with E-state index in [1.54, 1.807) is 0 Å². The third-order valence-electron chi connectivity index (χ3n) is 5.00. The molecule has 0 N–H and O–H groups in total. The summed E-state index contributed by atoms with van der Waals surface area (Å²) >= 11 is 0. The summed E-state index contributed by atoms with van der Waals surface area (Å²) < 4.78 is 2.10. The van der Waals surface area contributed by atoms with Gasteiger partial charge in [-0.2, -0.15) is 10.2 Å². The second-order valence-corrected chi connectivity index (χ2v) is 7.22. The van der Waals surface area contributed by atoms with Gasteiger partial charge in [0.05, 0.1) is 30.2 Å². The van der Waals surface area contributed by atoms with E-state index in [4.69, 9.17) is 5.10 Å². The van der Waals surface area contributed by atoms with Crippen LogP contribution in [0.15, 0.2) is 12.1 Å². The maximum atomic E-state index is 12.0. The van der Waals surface area contributed by atoms with Crippen LogP contribution in [0.1, 0.15) is 55.4 Å². The number of hydrogen-bond acceptors (Lipinski definition) is 5. The molecule has 4 rings (SSSR count). The second-order valence-electron chi connectivity index (χ2n) is 7.22. The molecular formula is C18H24N6O. The van der Waals surface area contributed by atoms with Gasteiger partial charge in [-0.15, -0.1) is 5.10 Å². The Labute approximate surface area is 147 Å². The van der Waals surface area contributed by atoms with Crippen molar-refractivity contribution in [1.82, 2.24) is 24.9 Å². The number of anilines is 1. The lowest BCUT2D eigenvalue weighted by Crippen LogP contribution is -2.25. The Hall–Kier alpha value is -2.44. The molecule has 0 radical (unpaired) electrons. The van der Waals surface area contributed by atoms with Gasteiger partial charge in [-0.1, -0.05) is 0 Å². The minimum atomic E-state index is 0.243. The molecule has 0 aromatic carbocycles. The van der Waals surface area contributed by atoms with Crippen LogP contribution >= 0.6 is 0 Å². The van der Waals surface area contributed by atoms with Crippen LogP contribution in [-0.2, 0) is 24.4 Å². The molecule has 0 unspecified atom stereocenters. The minimum Gasteiger partial charge on any atom is -0.345 e. The van der Waals surface area contributed by atoms with Crippen molar-refractivity contribution in [3.63, 3.8) is 0 Å². The molecule has 0 spiro atoms. The number of likely N-dealkylation sites (tertiary alicyclic amines) is 1. The molecule has 0 saturated carbocycles. The van der Waals surface area contributed by atoms with Crippen molar-refractivity contribution in [3.05, 3.63) is 34.8 Å². The van der Waals surface area contributed by atoms with Gasteiger partial charge in [0, 0.05) is 31.1 Å². The maximum Gasteiger partial charge on any atom is 0.222 e. The molecule has 25 heavy (non-hydrogen) atoms. The normalized spacial score (nSPS) is 17.0. The summed E-state index contributed by atoms with van der Waals surface area (Å²) in [6.45, 7) is 9.25. The summed E-state index contributed by atoms with van der Waals surface area (Å²) in [5.74, 6) is 1.13. The number of fused-ring (bicyclic) bond motifs is 1. The monoisotopic (exact) mass is 340 g/mol. The Balaban J connectivity index is 1.63. The first-order chi connectivity index (χ1) is 12.0. The number of rotatable bonds is 4. The fraction of sp³-hybridized carbons (Fsp3) is 0.556. The van der Waals surface area contributed by atoms with Crippen molar-refractivity contribution in [3.8, 4) is 0 Å². The number of amides is 1. The second kappa shape index (κ2) is 6.13. The van der Waals surface area contributed by atoms with Crippen molar-refractivity contribution in [1.29, 1.82) is 0 Å². The summed E-state index contributed by atoms with van der Waals surface area (Å²) in [5.41, 5.74) is 4.43. The Bertz CT molecular complexity index is 795. The van der Waals surface area contributed by atoms with E-state index < -0.39 is 0 Å². The molecule has 1 amide bonds. The van der Waals surface area contributed by atoms with Gasteiger partial charge in [-0.3, -0.25) is 9.48 Å². The quantitative estimate of drug-likeness (QED) is 0.854. The first-order valence-electron chi connectivity index (χ1n) is 8.95. The van der Waals surface area contributed by atoms with Crippen molar-refractivity contribution in [2.45, 2.75) is 59.3 Å². The van der Waals surface area contributed by atoms with Crippen molar-refractivity contribution in [2.24, 2.45) is 0 Å². The van der Waals surface area contributed by atoms with E-state index in [9.17, 15) is 4.79 Å². The standard InChI is InChI=1S/C18H24N6O/c1-12(2)24-16-11-23(17-7-6-13(3)19-20-17)9-14(16)15(21-24)10-22-8-4-5-18(22)25/h6-7,12H,4-5,8-11H2,1-3H3. The van der Waals surface area contributed by atoms with Crippen LogP contribution in [-0.4, -0.2) is 37.3 Å². The topological polar surface area (TPSA) is 67.2 Å². The predicted octanol–water partition coefficient (Wildman–Crippen LogP) is 2.21. The van der Waals surface area contributed by atoms with Crippen LogP contribution in [0.5, 0.6) is 0 Å². The number of aromatic nitrogens is 4. The largest absolute Gasteiger partial charge is 0.345 e. The molecule has 2 aromatic heterocycles. The van der Waals surface area contributed by atoms with E-state index in [0.29, 0.717) is 19.0 Å². The molecular weight excluding hydrogens is 316 g/mol. The van der Waals surface area contributed by atoms with Crippen molar-refractivity contribution < 1.29 is 4.79 Å². The highest BCUT2D eigenvalue weighted by atomic mass is 16.2. The molecule has 0 aliphatic carbocycles. The number of carbonyl (C=O) groups excluding carboxylic acids is 1. The molecule has 7 nitrogen and oxygen atoms in total. The van der Waals surface area contributed by atoms with E-state index in [0.717, 1.165) is 43.3 Å². The molecule has 7 heteroatoms. The van der Waals surface area contributed by atoms with E-state index in [2.05, 4.69) is 33.6 Å². The van der Waals surface area contributed by atoms with Gasteiger partial charge < -0.3 is 9.80 Å². The average molecular weight is 340 g/mol. The van der Waals surface area contributed by atoms with Gasteiger partial charge in [0.2, 0.25) is 5.91 Å². The summed E-state index contributed by atoms with van der Waals surface area (Å²) in [7, 11) is 0. The van der Waals surface area contributed by atoms with Crippen molar-refractivity contribution in [2.75, 3.05) is 11.4 Å². The Morgan fingerprint density at radius 3 is 2.68 bits per heavy atom. The van der Waals surface area contributed by atoms with E-state index in [1.165, 1.54) is 11.3 Å². The Morgan fingerprint density at radius 1 is 1.20 bits per heavy atom. The first-order valence-corrected chi connectivity index (χ1v) is 8.95. The van der Waals surface area contributed by atoms with Crippen LogP contribution in [0.2, 0.25) is 0 Å². The third-order valence-corrected chi connectivity index (χ3v) is 5.00. The van der Waals surface area contributed by atoms with Crippen LogP contribution in [0.3, 0.4) is 0 Å². The van der Waals surface area contributed by atoms with Gasteiger partial charge in [0.25, 0.3) is 0 Å². The zero-order chi connectivity index (χ0) is 17.6. The minimum absolute atomic E-state index is 0.243. The number of aryl methyl sites for hydroxylation is 1. The van der Waals surface area contributed by atoms with E-state index in [1.807, 2.05) is 24.0 Å². The highest BCUT2D eigenvalue weighted by Crippen LogP contribution is 2.32. The number of nitrogens with zero attached hydrogens (tertiary/aromatic N) is 6. The van der Waals surface area contributed by atoms with Crippen molar-refractivity contribution >= 4 is 11.7 Å². The molecule has 1 fully saturated rings. The molecule has 4 heterocycles. The van der Waals surface area contributed by atoms with Crippen LogP contribution in [0.4, 0.5) is 5.82 Å². The fourth-order valence-corrected chi connectivity index (χ4v) is 3.66. The van der Waals surface area contributed by atoms with E-state index >= 15 is 0 Å². The number of carbonyl (C=O) groups is 1. The Morgan fingerprint density at radius 2 is 2.04 bits per heavy atom. The average Bonchev–Trinajstić information content (AvgIpc) is 3.25. The summed E-state index contributed by atoms with van der Waals surface area (Å²) in [4.78, 5) is 16.2.